The lowest BCUT2D eigenvalue weighted by Gasteiger charge is -2.33. The Morgan fingerprint density at radius 3 is 2.40 bits per heavy atom. The van der Waals surface area contributed by atoms with E-state index in [4.69, 9.17) is 9.47 Å². The zero-order valence-corrected chi connectivity index (χ0v) is 22.7. The van der Waals surface area contributed by atoms with Gasteiger partial charge in [-0.3, -0.25) is 9.59 Å². The van der Waals surface area contributed by atoms with Gasteiger partial charge in [0.1, 0.15) is 23.5 Å². The van der Waals surface area contributed by atoms with Crippen molar-refractivity contribution in [1.29, 1.82) is 0 Å². The van der Waals surface area contributed by atoms with E-state index < -0.39 is 84.7 Å². The van der Waals surface area contributed by atoms with Gasteiger partial charge in [-0.2, -0.15) is 13.2 Å². The molecule has 0 radical (unpaired) electrons. The van der Waals surface area contributed by atoms with Gasteiger partial charge in [-0.25, -0.2) is 18.6 Å². The van der Waals surface area contributed by atoms with E-state index in [-0.39, 0.29) is 25.3 Å². The molecule has 2 fully saturated rings. The number of nitrogens with zero attached hydrogens (tertiary/aromatic N) is 1. The Kier molecular flexibility index (Phi) is 9.63. The first-order valence-electron chi connectivity index (χ1n) is 13.0. The lowest BCUT2D eigenvalue weighted by Crippen LogP contribution is -2.51. The number of rotatable bonds is 8. The summed E-state index contributed by atoms with van der Waals surface area (Å²) in [5.41, 5.74) is -0.460. The highest BCUT2D eigenvalue weighted by Gasteiger charge is 2.50. The van der Waals surface area contributed by atoms with Gasteiger partial charge in [0.25, 0.3) is 0 Å². The average molecular weight is 579 g/mol. The summed E-state index contributed by atoms with van der Waals surface area (Å²) in [6.07, 6.45) is -5.55. The first kappa shape index (κ1) is 31.5. The molecule has 1 saturated carbocycles. The second-order valence-corrected chi connectivity index (χ2v) is 11.3. The molecule has 9 nitrogen and oxygen atoms in total. The molecule has 1 aliphatic carbocycles. The molecule has 2 heterocycles. The highest BCUT2D eigenvalue weighted by atomic mass is 19.4. The molecule has 224 valence electrons. The van der Waals surface area contributed by atoms with Crippen LogP contribution >= 0.6 is 0 Å². The molecule has 40 heavy (non-hydrogen) atoms. The Hall–Kier alpha value is -3.03. The number of amides is 3. The summed E-state index contributed by atoms with van der Waals surface area (Å²) in [6, 6.07) is -0.269. The lowest BCUT2D eigenvalue weighted by molar-refractivity contribution is -0.155. The van der Waals surface area contributed by atoms with Gasteiger partial charge < -0.3 is 25.4 Å². The maximum absolute atomic E-state index is 13.8. The van der Waals surface area contributed by atoms with E-state index in [1.807, 2.05) is 5.32 Å². The van der Waals surface area contributed by atoms with Crippen LogP contribution in [0.3, 0.4) is 0 Å². The molecule has 1 aliphatic heterocycles. The molecule has 1 saturated heterocycles. The Morgan fingerprint density at radius 2 is 1.85 bits per heavy atom. The summed E-state index contributed by atoms with van der Waals surface area (Å²) < 4.78 is 77.7. The van der Waals surface area contributed by atoms with Crippen LogP contribution in [0.15, 0.2) is 18.3 Å². The third-order valence-corrected chi connectivity index (χ3v) is 7.02. The van der Waals surface area contributed by atoms with E-state index in [2.05, 4.69) is 15.6 Å². The van der Waals surface area contributed by atoms with Crippen molar-refractivity contribution in [3.63, 3.8) is 0 Å². The zero-order chi connectivity index (χ0) is 29.9. The first-order valence-corrected chi connectivity index (χ1v) is 13.0. The van der Waals surface area contributed by atoms with Gasteiger partial charge in [0, 0.05) is 38.0 Å². The fourth-order valence-corrected chi connectivity index (χ4v) is 5.06. The normalized spacial score (nSPS) is 23.2. The van der Waals surface area contributed by atoms with Crippen LogP contribution in [0.5, 0.6) is 0 Å². The Bertz CT molecular complexity index is 1070. The maximum atomic E-state index is 13.8. The van der Waals surface area contributed by atoms with Gasteiger partial charge in [0.2, 0.25) is 17.7 Å². The molecule has 0 unspecified atom stereocenters. The second kappa shape index (κ2) is 12.2. The number of halogens is 5. The van der Waals surface area contributed by atoms with Gasteiger partial charge >= 0.3 is 12.3 Å². The van der Waals surface area contributed by atoms with Gasteiger partial charge in [0.15, 0.2) is 0 Å². The number of anilines is 1. The van der Waals surface area contributed by atoms with E-state index in [1.54, 1.807) is 20.8 Å². The Balaban J connectivity index is 1.80. The third kappa shape index (κ3) is 8.48. The van der Waals surface area contributed by atoms with Crippen LogP contribution in [0.4, 0.5) is 32.6 Å². The van der Waals surface area contributed by atoms with Crippen LogP contribution in [0.25, 0.3) is 0 Å². The minimum absolute atomic E-state index is 0.00603. The van der Waals surface area contributed by atoms with E-state index in [0.29, 0.717) is 5.56 Å². The quantitative estimate of drug-likeness (QED) is 0.390. The molecule has 14 heteroatoms. The fourth-order valence-electron chi connectivity index (χ4n) is 5.06. The molecule has 3 N–H and O–H groups in total. The number of carbonyl (C=O) groups excluding carboxylic acids is 3. The average Bonchev–Trinajstić information content (AvgIpc) is 3.22. The molecular formula is C26H35F5N4O5. The van der Waals surface area contributed by atoms with Crippen molar-refractivity contribution in [1.82, 2.24) is 15.6 Å². The summed E-state index contributed by atoms with van der Waals surface area (Å²) >= 11 is 0. The lowest BCUT2D eigenvalue weighted by atomic mass is 9.81. The van der Waals surface area contributed by atoms with E-state index in [0.717, 1.165) is 0 Å². The Labute approximate surface area is 228 Å². The van der Waals surface area contributed by atoms with Gasteiger partial charge in [-0.1, -0.05) is 0 Å². The number of aromatic nitrogens is 1. The van der Waals surface area contributed by atoms with Crippen molar-refractivity contribution in [2.24, 2.45) is 11.8 Å². The SMILES string of the molecule is COC[C@@H](c1ccnc(NC(=O)[C@@H](NC(=O)OC(C)(C)C)C2CCC(F)(F)CC2)c1)[C@@H]1C[C@@H](C(F)(F)F)NC1=O. The number of methoxy groups -OCH3 is 1. The molecule has 0 aromatic carbocycles. The van der Waals surface area contributed by atoms with Crippen LogP contribution in [-0.4, -0.2) is 66.4 Å². The predicted octanol–water partition coefficient (Wildman–Crippen LogP) is 4.54. The Morgan fingerprint density at radius 1 is 1.20 bits per heavy atom. The van der Waals surface area contributed by atoms with Crippen LogP contribution in [0.1, 0.15) is 64.4 Å². The summed E-state index contributed by atoms with van der Waals surface area (Å²) in [4.78, 5) is 42.3. The molecule has 3 amide bonds. The fraction of sp³-hybridized carbons (Fsp3) is 0.692. The minimum Gasteiger partial charge on any atom is -0.444 e. The minimum atomic E-state index is -4.60. The largest absolute Gasteiger partial charge is 0.444 e. The number of pyridine rings is 1. The van der Waals surface area contributed by atoms with Crippen molar-refractivity contribution in [3.8, 4) is 0 Å². The monoisotopic (exact) mass is 578 g/mol. The molecule has 1 aromatic rings. The summed E-state index contributed by atoms with van der Waals surface area (Å²) in [5, 5.41) is 7.04. The smallest absolute Gasteiger partial charge is 0.408 e. The molecule has 2 aliphatic rings. The topological polar surface area (TPSA) is 119 Å². The van der Waals surface area contributed by atoms with E-state index in [9.17, 15) is 36.3 Å². The summed E-state index contributed by atoms with van der Waals surface area (Å²) in [6.45, 7) is 4.84. The summed E-state index contributed by atoms with van der Waals surface area (Å²) in [7, 11) is 1.35. The zero-order valence-electron chi connectivity index (χ0n) is 22.7. The number of alkyl carbamates (subject to hydrolysis) is 1. The molecule has 1 aromatic heterocycles. The summed E-state index contributed by atoms with van der Waals surface area (Å²) in [5.74, 6) is -6.74. The molecule has 0 bridgehead atoms. The van der Waals surface area contributed by atoms with Crippen molar-refractivity contribution >= 4 is 23.7 Å². The van der Waals surface area contributed by atoms with Crippen LogP contribution in [0, 0.1) is 11.8 Å². The van der Waals surface area contributed by atoms with Crippen LogP contribution in [-0.2, 0) is 19.1 Å². The highest BCUT2D eigenvalue weighted by molar-refractivity contribution is 5.96. The van der Waals surface area contributed by atoms with E-state index >= 15 is 0 Å². The number of carbonyl (C=O) groups is 3. The van der Waals surface area contributed by atoms with Crippen LogP contribution in [0.2, 0.25) is 0 Å². The predicted molar refractivity (Wildman–Crippen MR) is 134 cm³/mol. The molecular weight excluding hydrogens is 543 g/mol. The molecule has 3 rings (SSSR count). The van der Waals surface area contributed by atoms with Gasteiger partial charge in [0.05, 0.1) is 6.61 Å². The van der Waals surface area contributed by atoms with Crippen molar-refractivity contribution in [3.05, 3.63) is 23.9 Å². The van der Waals surface area contributed by atoms with Crippen molar-refractivity contribution in [2.75, 3.05) is 19.0 Å². The highest BCUT2D eigenvalue weighted by Crippen LogP contribution is 2.39. The maximum Gasteiger partial charge on any atom is 0.408 e. The number of ether oxygens (including phenoxy) is 2. The first-order chi connectivity index (χ1) is 18.5. The number of hydrogen-bond acceptors (Lipinski definition) is 6. The van der Waals surface area contributed by atoms with E-state index in [1.165, 1.54) is 25.4 Å². The van der Waals surface area contributed by atoms with Crippen LogP contribution < -0.4 is 16.0 Å². The third-order valence-electron chi connectivity index (χ3n) is 7.02. The molecule has 0 spiro atoms. The standard InChI is InChI=1S/C26H35F5N4O5/c1-24(2,3)40-23(38)35-20(14-5-8-25(27,28)9-6-14)22(37)34-19-11-15(7-10-32-19)17(13-39-4)16-12-18(26(29,30)31)33-21(16)36/h7,10-11,14,16-18,20H,5-6,8-9,12-13H2,1-4H3,(H,33,36)(H,35,38)(H,32,34,37)/t16-,17-,18-,20-/m0/s1. The number of alkyl halides is 5. The van der Waals surface area contributed by atoms with Crippen molar-refractivity contribution < 1.29 is 45.8 Å². The van der Waals surface area contributed by atoms with Crippen molar-refractivity contribution in [2.45, 2.75) is 88.6 Å². The number of nitrogens with one attached hydrogen (secondary N) is 3. The second-order valence-electron chi connectivity index (χ2n) is 11.3. The van der Waals surface area contributed by atoms with Gasteiger partial charge in [-0.15, -0.1) is 0 Å². The molecule has 4 atom stereocenters. The van der Waals surface area contributed by atoms with Gasteiger partial charge in [-0.05, 0) is 63.6 Å². The number of hydrogen-bond donors (Lipinski definition) is 3.